The summed E-state index contributed by atoms with van der Waals surface area (Å²) in [5, 5.41) is 0.841. The van der Waals surface area contributed by atoms with Gasteiger partial charge in [0.2, 0.25) is 0 Å². The fourth-order valence-electron chi connectivity index (χ4n) is 3.91. The molecule has 9 heteroatoms. The van der Waals surface area contributed by atoms with Crippen LogP contribution >= 0.6 is 11.3 Å². The van der Waals surface area contributed by atoms with E-state index in [1.165, 1.54) is 11.3 Å². The Morgan fingerprint density at radius 3 is 3.07 bits per heavy atom. The third kappa shape index (κ3) is 4.35. The Morgan fingerprint density at radius 1 is 1.38 bits per heavy atom. The van der Waals surface area contributed by atoms with Crippen LogP contribution in [0, 0.1) is 5.92 Å². The fourth-order valence-corrected chi connectivity index (χ4v) is 4.85. The third-order valence-corrected chi connectivity index (χ3v) is 6.44. The first-order valence-corrected chi connectivity index (χ1v) is 10.7. The van der Waals surface area contributed by atoms with Gasteiger partial charge in [0.15, 0.2) is 0 Å². The first kappa shape index (κ1) is 19.7. The first-order chi connectivity index (χ1) is 14.1. The van der Waals surface area contributed by atoms with Gasteiger partial charge in [0.1, 0.15) is 9.71 Å². The zero-order chi connectivity index (χ0) is 20.2. The summed E-state index contributed by atoms with van der Waals surface area (Å²) in [6, 6.07) is 1.98. The largest absolute Gasteiger partial charge is 0.397 e. The summed E-state index contributed by atoms with van der Waals surface area (Å²) in [5.41, 5.74) is 13.2. The maximum absolute atomic E-state index is 11.7. The highest BCUT2D eigenvalue weighted by Gasteiger charge is 2.25. The van der Waals surface area contributed by atoms with Crippen molar-refractivity contribution in [1.82, 2.24) is 14.5 Å². The SMILES string of the molecule is NC(=O)c1sc2nccc(N3CCC[C@H](COCCCn4ccnc4)C3)c2c1N. The second-order valence-electron chi connectivity index (χ2n) is 7.40. The molecule has 1 fully saturated rings. The summed E-state index contributed by atoms with van der Waals surface area (Å²) in [6.07, 6.45) is 10.6. The Balaban J connectivity index is 1.37. The molecule has 0 aromatic carbocycles. The highest BCUT2D eigenvalue weighted by molar-refractivity contribution is 7.21. The number of nitrogens with zero attached hydrogens (tertiary/aromatic N) is 4. The van der Waals surface area contributed by atoms with Gasteiger partial charge in [-0.3, -0.25) is 4.79 Å². The lowest BCUT2D eigenvalue weighted by atomic mass is 9.98. The predicted molar refractivity (Wildman–Crippen MR) is 115 cm³/mol. The molecule has 1 aliphatic rings. The molecule has 0 unspecified atom stereocenters. The first-order valence-electron chi connectivity index (χ1n) is 9.88. The number of anilines is 2. The number of pyridine rings is 1. The molecular formula is C20H26N6O2S. The highest BCUT2D eigenvalue weighted by Crippen LogP contribution is 2.39. The number of aryl methyl sites for hydroxylation is 1. The van der Waals surface area contributed by atoms with E-state index in [1.807, 2.05) is 18.6 Å². The van der Waals surface area contributed by atoms with E-state index in [0.29, 0.717) is 16.5 Å². The number of hydrogen-bond acceptors (Lipinski definition) is 7. The molecule has 1 atom stereocenters. The van der Waals surface area contributed by atoms with Crippen LogP contribution < -0.4 is 16.4 Å². The van der Waals surface area contributed by atoms with E-state index in [9.17, 15) is 4.79 Å². The number of nitrogen functional groups attached to an aromatic ring is 1. The number of imidazole rings is 1. The lowest BCUT2D eigenvalue weighted by Gasteiger charge is -2.34. The number of aromatic nitrogens is 3. The fraction of sp³-hybridized carbons (Fsp3) is 0.450. The zero-order valence-electron chi connectivity index (χ0n) is 16.3. The second kappa shape index (κ2) is 8.79. The van der Waals surface area contributed by atoms with Crippen molar-refractivity contribution in [3.8, 4) is 0 Å². The number of thiophene rings is 1. The van der Waals surface area contributed by atoms with Crippen molar-refractivity contribution in [2.24, 2.45) is 11.7 Å². The average Bonchev–Trinajstić information content (AvgIpc) is 3.36. The molecule has 1 amide bonds. The Labute approximate surface area is 173 Å². The van der Waals surface area contributed by atoms with Crippen LogP contribution in [0.25, 0.3) is 10.2 Å². The molecule has 0 spiro atoms. The number of amides is 1. The minimum Gasteiger partial charge on any atom is -0.397 e. The summed E-state index contributed by atoms with van der Waals surface area (Å²) < 4.78 is 8.01. The van der Waals surface area contributed by atoms with E-state index in [2.05, 4.69) is 19.4 Å². The van der Waals surface area contributed by atoms with Crippen LogP contribution in [0.1, 0.15) is 28.9 Å². The molecule has 0 radical (unpaired) electrons. The van der Waals surface area contributed by atoms with E-state index >= 15 is 0 Å². The van der Waals surface area contributed by atoms with Gasteiger partial charge >= 0.3 is 0 Å². The maximum atomic E-state index is 11.7. The number of carbonyl (C=O) groups is 1. The smallest absolute Gasteiger partial charge is 0.260 e. The molecule has 1 saturated heterocycles. The van der Waals surface area contributed by atoms with Crippen molar-refractivity contribution in [2.75, 3.05) is 36.9 Å². The number of nitrogens with two attached hydrogens (primary N) is 2. The van der Waals surface area contributed by atoms with Gasteiger partial charge < -0.3 is 25.7 Å². The molecule has 29 heavy (non-hydrogen) atoms. The van der Waals surface area contributed by atoms with Gasteiger partial charge in [-0.15, -0.1) is 11.3 Å². The van der Waals surface area contributed by atoms with E-state index in [-0.39, 0.29) is 0 Å². The topological polar surface area (TPSA) is 112 Å². The molecule has 8 nitrogen and oxygen atoms in total. The van der Waals surface area contributed by atoms with Crippen LogP contribution in [0.4, 0.5) is 11.4 Å². The van der Waals surface area contributed by atoms with Crippen LogP contribution in [0.3, 0.4) is 0 Å². The van der Waals surface area contributed by atoms with Gasteiger partial charge in [0.25, 0.3) is 5.91 Å². The van der Waals surface area contributed by atoms with Crippen LogP contribution in [-0.4, -0.2) is 46.7 Å². The van der Waals surface area contributed by atoms with Crippen molar-refractivity contribution in [3.05, 3.63) is 35.9 Å². The van der Waals surface area contributed by atoms with E-state index in [1.54, 1.807) is 12.4 Å². The molecule has 0 bridgehead atoms. The standard InChI is InChI=1S/C20H26N6O2S/c21-17-16-15(4-5-24-20(16)29-18(17)19(22)27)26-8-1-3-14(11-26)12-28-10-2-7-25-9-6-23-13-25/h4-6,9,13-14H,1-3,7-8,10-12,21H2,(H2,22,27)/t14-/m0/s1. The minimum atomic E-state index is -0.503. The quantitative estimate of drug-likeness (QED) is 0.548. The van der Waals surface area contributed by atoms with E-state index < -0.39 is 5.91 Å². The van der Waals surface area contributed by atoms with Gasteiger partial charge in [-0.1, -0.05) is 0 Å². The molecule has 0 saturated carbocycles. The molecule has 4 heterocycles. The van der Waals surface area contributed by atoms with Crippen molar-refractivity contribution in [3.63, 3.8) is 0 Å². The molecule has 1 aliphatic heterocycles. The van der Waals surface area contributed by atoms with Crippen LogP contribution in [-0.2, 0) is 11.3 Å². The van der Waals surface area contributed by atoms with E-state index in [4.69, 9.17) is 16.2 Å². The van der Waals surface area contributed by atoms with Gasteiger partial charge in [-0.05, 0) is 31.2 Å². The van der Waals surface area contributed by atoms with Crippen molar-refractivity contribution in [2.45, 2.75) is 25.8 Å². The molecule has 154 valence electrons. The number of primary amides is 1. The maximum Gasteiger partial charge on any atom is 0.260 e. The molecular weight excluding hydrogens is 388 g/mol. The van der Waals surface area contributed by atoms with Crippen molar-refractivity contribution < 1.29 is 9.53 Å². The lowest BCUT2D eigenvalue weighted by Crippen LogP contribution is -2.37. The molecule has 0 aliphatic carbocycles. The number of hydrogen-bond donors (Lipinski definition) is 2. The number of carbonyl (C=O) groups excluding carboxylic acids is 1. The number of rotatable bonds is 8. The van der Waals surface area contributed by atoms with Gasteiger partial charge in [0.05, 0.1) is 29.7 Å². The highest BCUT2D eigenvalue weighted by atomic mass is 32.1. The Hall–Kier alpha value is -2.65. The van der Waals surface area contributed by atoms with E-state index in [0.717, 1.165) is 68.0 Å². The monoisotopic (exact) mass is 414 g/mol. The molecule has 3 aromatic heterocycles. The molecule has 4 rings (SSSR count). The number of ether oxygens (including phenoxy) is 1. The number of fused-ring (bicyclic) bond motifs is 1. The summed E-state index contributed by atoms with van der Waals surface area (Å²) in [5.74, 6) is -0.0345. The molecule has 4 N–H and O–H groups in total. The lowest BCUT2D eigenvalue weighted by molar-refractivity contribution is 0.0896. The number of piperidine rings is 1. The normalized spacial score (nSPS) is 17.1. The van der Waals surface area contributed by atoms with Crippen LogP contribution in [0.5, 0.6) is 0 Å². The van der Waals surface area contributed by atoms with Crippen molar-refractivity contribution >= 4 is 38.8 Å². The summed E-state index contributed by atoms with van der Waals surface area (Å²) in [4.78, 5) is 23.6. The Kier molecular flexibility index (Phi) is 5.96. The van der Waals surface area contributed by atoms with Gasteiger partial charge in [-0.2, -0.15) is 0 Å². The van der Waals surface area contributed by atoms with Gasteiger partial charge in [0, 0.05) is 44.8 Å². The Morgan fingerprint density at radius 2 is 2.28 bits per heavy atom. The zero-order valence-corrected chi connectivity index (χ0v) is 17.1. The molecule has 3 aromatic rings. The Bertz CT molecular complexity index is 971. The summed E-state index contributed by atoms with van der Waals surface area (Å²) in [6.45, 7) is 4.28. The summed E-state index contributed by atoms with van der Waals surface area (Å²) in [7, 11) is 0. The average molecular weight is 415 g/mol. The summed E-state index contributed by atoms with van der Waals surface area (Å²) >= 11 is 1.26. The second-order valence-corrected chi connectivity index (χ2v) is 8.40. The third-order valence-electron chi connectivity index (χ3n) is 5.31. The van der Waals surface area contributed by atoms with Crippen LogP contribution in [0.15, 0.2) is 31.0 Å². The van der Waals surface area contributed by atoms with Gasteiger partial charge in [-0.25, -0.2) is 9.97 Å². The predicted octanol–water partition coefficient (Wildman–Crippen LogP) is 2.50. The van der Waals surface area contributed by atoms with Crippen molar-refractivity contribution in [1.29, 1.82) is 0 Å². The van der Waals surface area contributed by atoms with Crippen LogP contribution in [0.2, 0.25) is 0 Å². The minimum absolute atomic E-state index is 0.384.